The van der Waals surface area contributed by atoms with E-state index in [0.717, 1.165) is 13.0 Å². The standard InChI is InChI=1S/C8H11ClN4O/c1-4-5(2-3-14-4)6-11-7(9)13-8(10)12-6/h4-5H,2-3H2,1H3,(H2,10,11,12,13). The average Bonchev–Trinajstić information content (AvgIpc) is 2.49. The lowest BCUT2D eigenvalue weighted by atomic mass is 10.0. The zero-order valence-electron chi connectivity index (χ0n) is 7.77. The monoisotopic (exact) mass is 214 g/mol. The van der Waals surface area contributed by atoms with Crippen molar-refractivity contribution in [1.82, 2.24) is 15.0 Å². The molecular weight excluding hydrogens is 204 g/mol. The first-order valence-electron chi connectivity index (χ1n) is 4.45. The number of aromatic nitrogens is 3. The van der Waals surface area contributed by atoms with Crippen molar-refractivity contribution in [2.75, 3.05) is 12.3 Å². The lowest BCUT2D eigenvalue weighted by Gasteiger charge is -2.12. The molecule has 1 saturated heterocycles. The molecule has 1 aliphatic rings. The zero-order valence-corrected chi connectivity index (χ0v) is 8.53. The predicted octanol–water partition coefficient (Wildman–Crippen LogP) is 1.000. The van der Waals surface area contributed by atoms with E-state index in [1.165, 1.54) is 0 Å². The molecule has 0 aliphatic carbocycles. The van der Waals surface area contributed by atoms with E-state index < -0.39 is 0 Å². The van der Waals surface area contributed by atoms with Gasteiger partial charge in [-0.3, -0.25) is 0 Å². The van der Waals surface area contributed by atoms with Crippen LogP contribution in [0.5, 0.6) is 0 Å². The van der Waals surface area contributed by atoms with Crippen LogP contribution in [-0.4, -0.2) is 27.7 Å². The maximum absolute atomic E-state index is 5.69. The molecule has 2 rings (SSSR count). The number of nitrogens with two attached hydrogens (primary N) is 1. The normalized spacial score (nSPS) is 26.7. The minimum absolute atomic E-state index is 0.118. The van der Waals surface area contributed by atoms with Crippen LogP contribution in [0.3, 0.4) is 0 Å². The van der Waals surface area contributed by atoms with Crippen molar-refractivity contribution >= 4 is 17.5 Å². The van der Waals surface area contributed by atoms with Gasteiger partial charge in [-0.1, -0.05) is 0 Å². The first kappa shape index (κ1) is 9.61. The van der Waals surface area contributed by atoms with Crippen LogP contribution in [0.15, 0.2) is 0 Å². The van der Waals surface area contributed by atoms with Crippen LogP contribution in [-0.2, 0) is 4.74 Å². The summed E-state index contributed by atoms with van der Waals surface area (Å²) in [5.74, 6) is 0.976. The van der Waals surface area contributed by atoms with Gasteiger partial charge in [-0.25, -0.2) is 4.98 Å². The SMILES string of the molecule is CC1OCCC1c1nc(N)nc(Cl)n1. The molecule has 0 bridgehead atoms. The van der Waals surface area contributed by atoms with E-state index in [0.29, 0.717) is 5.82 Å². The molecule has 2 heterocycles. The molecule has 14 heavy (non-hydrogen) atoms. The topological polar surface area (TPSA) is 73.9 Å². The van der Waals surface area contributed by atoms with E-state index in [-0.39, 0.29) is 23.3 Å². The van der Waals surface area contributed by atoms with Crippen molar-refractivity contribution in [1.29, 1.82) is 0 Å². The third-order valence-electron chi connectivity index (χ3n) is 2.35. The third-order valence-corrected chi connectivity index (χ3v) is 2.52. The summed E-state index contributed by atoms with van der Waals surface area (Å²) in [5, 5.41) is 0.145. The van der Waals surface area contributed by atoms with Crippen molar-refractivity contribution < 1.29 is 4.74 Å². The Balaban J connectivity index is 2.31. The fourth-order valence-electron chi connectivity index (χ4n) is 1.62. The molecule has 0 saturated carbocycles. The molecular formula is C8H11ClN4O. The molecule has 1 aromatic rings. The fraction of sp³-hybridized carbons (Fsp3) is 0.625. The predicted molar refractivity (Wildman–Crippen MR) is 52.0 cm³/mol. The van der Waals surface area contributed by atoms with Crippen LogP contribution in [0.4, 0.5) is 5.95 Å². The van der Waals surface area contributed by atoms with Crippen molar-refractivity contribution in [2.45, 2.75) is 25.4 Å². The summed E-state index contributed by atoms with van der Waals surface area (Å²) in [6.45, 7) is 2.72. The Morgan fingerprint density at radius 3 is 2.79 bits per heavy atom. The number of nitrogen functional groups attached to an aromatic ring is 1. The van der Waals surface area contributed by atoms with Gasteiger partial charge in [0.1, 0.15) is 5.82 Å². The van der Waals surface area contributed by atoms with Gasteiger partial charge in [-0.15, -0.1) is 0 Å². The Kier molecular flexibility index (Phi) is 2.52. The Labute approximate surface area is 86.7 Å². The molecule has 0 spiro atoms. The Morgan fingerprint density at radius 1 is 1.43 bits per heavy atom. The second-order valence-electron chi connectivity index (χ2n) is 3.29. The second kappa shape index (κ2) is 3.67. The minimum atomic E-state index is 0.118. The maximum atomic E-state index is 5.69. The van der Waals surface area contributed by atoms with E-state index in [1.54, 1.807) is 0 Å². The molecule has 1 fully saturated rings. The molecule has 6 heteroatoms. The Morgan fingerprint density at radius 2 is 2.21 bits per heavy atom. The summed E-state index contributed by atoms with van der Waals surface area (Å²) in [5.41, 5.74) is 5.49. The molecule has 76 valence electrons. The van der Waals surface area contributed by atoms with E-state index in [4.69, 9.17) is 22.1 Å². The Hall–Kier alpha value is -0.940. The van der Waals surface area contributed by atoms with Crippen LogP contribution >= 0.6 is 11.6 Å². The molecule has 0 amide bonds. The van der Waals surface area contributed by atoms with Gasteiger partial charge in [0.2, 0.25) is 11.2 Å². The molecule has 0 radical (unpaired) electrons. The van der Waals surface area contributed by atoms with Gasteiger partial charge in [0, 0.05) is 12.5 Å². The minimum Gasteiger partial charge on any atom is -0.378 e. The number of halogens is 1. The summed E-state index contributed by atoms with van der Waals surface area (Å²) in [7, 11) is 0. The van der Waals surface area contributed by atoms with E-state index in [9.17, 15) is 0 Å². The quantitative estimate of drug-likeness (QED) is 0.755. The van der Waals surface area contributed by atoms with Crippen LogP contribution in [0, 0.1) is 0 Å². The number of rotatable bonds is 1. The molecule has 2 N–H and O–H groups in total. The largest absolute Gasteiger partial charge is 0.378 e. The highest BCUT2D eigenvalue weighted by molar-refractivity contribution is 6.28. The number of hydrogen-bond donors (Lipinski definition) is 1. The summed E-state index contributed by atoms with van der Waals surface area (Å²) in [4.78, 5) is 11.8. The van der Waals surface area contributed by atoms with Gasteiger partial charge in [-0.2, -0.15) is 9.97 Å². The van der Waals surface area contributed by atoms with Crippen LogP contribution < -0.4 is 5.73 Å². The van der Waals surface area contributed by atoms with Crippen LogP contribution in [0.25, 0.3) is 0 Å². The van der Waals surface area contributed by atoms with Crippen molar-refractivity contribution in [3.05, 3.63) is 11.1 Å². The summed E-state index contributed by atoms with van der Waals surface area (Å²) in [6, 6.07) is 0. The maximum Gasteiger partial charge on any atom is 0.227 e. The van der Waals surface area contributed by atoms with Gasteiger partial charge >= 0.3 is 0 Å². The van der Waals surface area contributed by atoms with Crippen molar-refractivity contribution in [3.8, 4) is 0 Å². The van der Waals surface area contributed by atoms with E-state index in [2.05, 4.69) is 15.0 Å². The number of ether oxygens (including phenoxy) is 1. The van der Waals surface area contributed by atoms with Gasteiger partial charge in [-0.05, 0) is 24.9 Å². The van der Waals surface area contributed by atoms with Crippen molar-refractivity contribution in [2.24, 2.45) is 0 Å². The average molecular weight is 215 g/mol. The highest BCUT2D eigenvalue weighted by atomic mass is 35.5. The highest BCUT2D eigenvalue weighted by Crippen LogP contribution is 2.29. The molecule has 1 aromatic heterocycles. The molecule has 5 nitrogen and oxygen atoms in total. The summed E-state index contributed by atoms with van der Waals surface area (Å²) in [6.07, 6.45) is 1.02. The summed E-state index contributed by atoms with van der Waals surface area (Å²) >= 11 is 5.69. The van der Waals surface area contributed by atoms with Gasteiger partial charge in [0.05, 0.1) is 6.10 Å². The fourth-order valence-corrected chi connectivity index (χ4v) is 1.79. The van der Waals surface area contributed by atoms with Gasteiger partial charge in [0.15, 0.2) is 0 Å². The smallest absolute Gasteiger partial charge is 0.227 e. The van der Waals surface area contributed by atoms with Crippen molar-refractivity contribution in [3.63, 3.8) is 0 Å². The van der Waals surface area contributed by atoms with Crippen LogP contribution in [0.1, 0.15) is 25.1 Å². The number of anilines is 1. The van der Waals surface area contributed by atoms with E-state index in [1.807, 2.05) is 6.92 Å². The Bertz CT molecular complexity index is 326. The first-order valence-corrected chi connectivity index (χ1v) is 4.83. The molecule has 0 aromatic carbocycles. The highest BCUT2D eigenvalue weighted by Gasteiger charge is 2.28. The lowest BCUT2D eigenvalue weighted by molar-refractivity contribution is 0.117. The second-order valence-corrected chi connectivity index (χ2v) is 3.63. The number of hydrogen-bond acceptors (Lipinski definition) is 5. The van der Waals surface area contributed by atoms with Gasteiger partial charge in [0.25, 0.3) is 0 Å². The molecule has 2 unspecified atom stereocenters. The number of nitrogens with zero attached hydrogens (tertiary/aromatic N) is 3. The third kappa shape index (κ3) is 1.78. The molecule has 1 aliphatic heterocycles. The van der Waals surface area contributed by atoms with E-state index >= 15 is 0 Å². The zero-order chi connectivity index (χ0) is 10.1. The lowest BCUT2D eigenvalue weighted by Crippen LogP contribution is -2.14. The molecule has 2 atom stereocenters. The van der Waals surface area contributed by atoms with Gasteiger partial charge < -0.3 is 10.5 Å². The van der Waals surface area contributed by atoms with Crippen LogP contribution in [0.2, 0.25) is 5.28 Å². The first-order chi connectivity index (χ1) is 6.66. The summed E-state index contributed by atoms with van der Waals surface area (Å²) < 4.78 is 5.42.